The number of carboxylic acids is 1. The zero-order valence-electron chi connectivity index (χ0n) is 11.3. The Hall–Kier alpha value is -1.64. The predicted octanol–water partition coefficient (Wildman–Crippen LogP) is 3.32. The quantitative estimate of drug-likeness (QED) is 0.845. The molecule has 1 saturated carbocycles. The summed E-state index contributed by atoms with van der Waals surface area (Å²) in [5.74, 6) is -1.67. The molecule has 0 spiro atoms. The first-order valence-corrected chi connectivity index (χ1v) is 7.00. The van der Waals surface area contributed by atoms with Gasteiger partial charge in [0.1, 0.15) is 0 Å². The second kappa shape index (κ2) is 6.00. The van der Waals surface area contributed by atoms with Crippen molar-refractivity contribution in [2.75, 3.05) is 0 Å². The molecule has 102 valence electrons. The SMILES string of the molecule is CCc1ccccc1C(=O)[C@@H]1CCCC[C@@H]1C(=O)O. The van der Waals surface area contributed by atoms with Gasteiger partial charge in [0.15, 0.2) is 5.78 Å². The highest BCUT2D eigenvalue weighted by Gasteiger charge is 2.36. The smallest absolute Gasteiger partial charge is 0.307 e. The van der Waals surface area contributed by atoms with Gasteiger partial charge in [0.05, 0.1) is 5.92 Å². The van der Waals surface area contributed by atoms with Crippen LogP contribution < -0.4 is 0 Å². The van der Waals surface area contributed by atoms with Gasteiger partial charge in [0.2, 0.25) is 0 Å². The molecule has 0 amide bonds. The van der Waals surface area contributed by atoms with Crippen LogP contribution in [0, 0.1) is 11.8 Å². The van der Waals surface area contributed by atoms with E-state index in [0.29, 0.717) is 18.4 Å². The van der Waals surface area contributed by atoms with Gasteiger partial charge in [0.25, 0.3) is 0 Å². The summed E-state index contributed by atoms with van der Waals surface area (Å²) >= 11 is 0. The first-order chi connectivity index (χ1) is 9.15. The minimum atomic E-state index is -0.827. The summed E-state index contributed by atoms with van der Waals surface area (Å²) < 4.78 is 0. The van der Waals surface area contributed by atoms with Crippen molar-refractivity contribution >= 4 is 11.8 Å². The molecule has 1 N–H and O–H groups in total. The number of benzene rings is 1. The third kappa shape index (κ3) is 2.86. The van der Waals surface area contributed by atoms with Crippen molar-refractivity contribution in [2.24, 2.45) is 11.8 Å². The monoisotopic (exact) mass is 260 g/mol. The van der Waals surface area contributed by atoms with Gasteiger partial charge in [-0.3, -0.25) is 9.59 Å². The molecular formula is C16H20O3. The number of carbonyl (C=O) groups is 2. The van der Waals surface area contributed by atoms with Gasteiger partial charge < -0.3 is 5.11 Å². The van der Waals surface area contributed by atoms with E-state index in [4.69, 9.17) is 0 Å². The van der Waals surface area contributed by atoms with E-state index in [-0.39, 0.29) is 11.7 Å². The molecule has 0 aromatic heterocycles. The van der Waals surface area contributed by atoms with Crippen LogP contribution >= 0.6 is 0 Å². The van der Waals surface area contributed by atoms with Gasteiger partial charge in [0, 0.05) is 11.5 Å². The molecule has 3 nitrogen and oxygen atoms in total. The summed E-state index contributed by atoms with van der Waals surface area (Å²) in [6.07, 6.45) is 3.99. The molecule has 0 bridgehead atoms. The van der Waals surface area contributed by atoms with E-state index >= 15 is 0 Å². The van der Waals surface area contributed by atoms with Crippen LogP contribution in [0.15, 0.2) is 24.3 Å². The maximum atomic E-state index is 12.6. The second-order valence-corrected chi connectivity index (χ2v) is 5.21. The van der Waals surface area contributed by atoms with E-state index in [1.54, 1.807) is 0 Å². The molecular weight excluding hydrogens is 240 g/mol. The number of hydrogen-bond donors (Lipinski definition) is 1. The normalized spacial score (nSPS) is 23.0. The molecule has 2 atom stereocenters. The topological polar surface area (TPSA) is 54.4 Å². The Morgan fingerprint density at radius 2 is 1.79 bits per heavy atom. The van der Waals surface area contributed by atoms with E-state index in [9.17, 15) is 14.7 Å². The van der Waals surface area contributed by atoms with Crippen LogP contribution in [0.1, 0.15) is 48.5 Å². The highest BCUT2D eigenvalue weighted by Crippen LogP contribution is 2.33. The van der Waals surface area contributed by atoms with Gasteiger partial charge in [-0.05, 0) is 24.8 Å². The Labute approximate surface area is 113 Å². The average Bonchev–Trinajstić information content (AvgIpc) is 2.46. The van der Waals surface area contributed by atoms with Crippen LogP contribution in [0.2, 0.25) is 0 Å². The molecule has 0 aliphatic heterocycles. The van der Waals surface area contributed by atoms with Crippen molar-refractivity contribution < 1.29 is 14.7 Å². The van der Waals surface area contributed by atoms with Crippen LogP contribution in [0.4, 0.5) is 0 Å². The number of rotatable bonds is 4. The van der Waals surface area contributed by atoms with E-state index in [2.05, 4.69) is 0 Å². The standard InChI is InChI=1S/C16H20O3/c1-2-11-7-3-4-8-12(11)15(17)13-9-5-6-10-14(13)16(18)19/h3-4,7-8,13-14H,2,5-6,9-10H2,1H3,(H,18,19)/t13-,14+/m1/s1. The minimum Gasteiger partial charge on any atom is -0.481 e. The fourth-order valence-corrected chi connectivity index (χ4v) is 3.01. The zero-order chi connectivity index (χ0) is 13.8. The summed E-state index contributed by atoms with van der Waals surface area (Å²) in [7, 11) is 0. The number of aliphatic carboxylic acids is 1. The molecule has 1 aromatic rings. The Balaban J connectivity index is 2.29. The van der Waals surface area contributed by atoms with Crippen LogP contribution in [-0.4, -0.2) is 16.9 Å². The Bertz CT molecular complexity index is 479. The highest BCUT2D eigenvalue weighted by atomic mass is 16.4. The van der Waals surface area contributed by atoms with Crippen LogP contribution in [0.5, 0.6) is 0 Å². The summed E-state index contributed by atoms with van der Waals surface area (Å²) in [5.41, 5.74) is 1.73. The van der Waals surface area contributed by atoms with Gasteiger partial charge in [-0.2, -0.15) is 0 Å². The number of carbonyl (C=O) groups excluding carboxylic acids is 1. The maximum Gasteiger partial charge on any atom is 0.307 e. The van der Waals surface area contributed by atoms with Crippen molar-refractivity contribution in [3.05, 3.63) is 35.4 Å². The van der Waals surface area contributed by atoms with Crippen LogP contribution in [0.25, 0.3) is 0 Å². The molecule has 0 radical (unpaired) electrons. The lowest BCUT2D eigenvalue weighted by Crippen LogP contribution is -2.33. The molecule has 0 heterocycles. The number of ketones is 1. The van der Waals surface area contributed by atoms with Gasteiger partial charge in [-0.1, -0.05) is 44.0 Å². The fourth-order valence-electron chi connectivity index (χ4n) is 3.01. The van der Waals surface area contributed by atoms with E-state index in [1.165, 1.54) is 0 Å². The number of carboxylic acid groups (broad SMARTS) is 1. The zero-order valence-corrected chi connectivity index (χ0v) is 11.3. The van der Waals surface area contributed by atoms with E-state index in [0.717, 1.165) is 24.8 Å². The minimum absolute atomic E-state index is 0.0181. The van der Waals surface area contributed by atoms with Gasteiger partial charge >= 0.3 is 5.97 Å². The predicted molar refractivity (Wildman–Crippen MR) is 73.2 cm³/mol. The molecule has 1 fully saturated rings. The number of Topliss-reactive ketones (excluding diaryl/α,β-unsaturated/α-hetero) is 1. The lowest BCUT2D eigenvalue weighted by atomic mass is 9.75. The Kier molecular flexibility index (Phi) is 4.35. The Morgan fingerprint density at radius 1 is 1.16 bits per heavy atom. The van der Waals surface area contributed by atoms with Crippen molar-refractivity contribution in [3.8, 4) is 0 Å². The van der Waals surface area contributed by atoms with E-state index in [1.807, 2.05) is 31.2 Å². The number of aryl methyl sites for hydroxylation is 1. The molecule has 1 aromatic carbocycles. The third-order valence-corrected chi connectivity index (χ3v) is 4.08. The molecule has 3 heteroatoms. The lowest BCUT2D eigenvalue weighted by Gasteiger charge is -2.27. The molecule has 0 unspecified atom stereocenters. The van der Waals surface area contributed by atoms with Gasteiger partial charge in [-0.15, -0.1) is 0 Å². The van der Waals surface area contributed by atoms with Crippen molar-refractivity contribution in [2.45, 2.75) is 39.0 Å². The summed E-state index contributed by atoms with van der Waals surface area (Å²) in [5, 5.41) is 9.28. The Morgan fingerprint density at radius 3 is 2.42 bits per heavy atom. The molecule has 1 aliphatic rings. The molecule has 19 heavy (non-hydrogen) atoms. The first kappa shape index (κ1) is 13.8. The van der Waals surface area contributed by atoms with Crippen LogP contribution in [-0.2, 0) is 11.2 Å². The van der Waals surface area contributed by atoms with Crippen molar-refractivity contribution in [1.29, 1.82) is 0 Å². The fraction of sp³-hybridized carbons (Fsp3) is 0.500. The molecule has 1 aliphatic carbocycles. The third-order valence-electron chi connectivity index (χ3n) is 4.08. The summed E-state index contributed by atoms with van der Waals surface area (Å²) in [4.78, 5) is 23.9. The second-order valence-electron chi connectivity index (χ2n) is 5.21. The lowest BCUT2D eigenvalue weighted by molar-refractivity contribution is -0.144. The number of hydrogen-bond acceptors (Lipinski definition) is 2. The first-order valence-electron chi connectivity index (χ1n) is 7.00. The van der Waals surface area contributed by atoms with Gasteiger partial charge in [-0.25, -0.2) is 0 Å². The van der Waals surface area contributed by atoms with E-state index < -0.39 is 11.9 Å². The van der Waals surface area contributed by atoms with Crippen molar-refractivity contribution in [1.82, 2.24) is 0 Å². The average molecular weight is 260 g/mol. The van der Waals surface area contributed by atoms with Crippen molar-refractivity contribution in [3.63, 3.8) is 0 Å². The highest BCUT2D eigenvalue weighted by molar-refractivity contribution is 6.01. The largest absolute Gasteiger partial charge is 0.481 e. The summed E-state index contributed by atoms with van der Waals surface area (Å²) in [6.45, 7) is 2.02. The summed E-state index contributed by atoms with van der Waals surface area (Å²) in [6, 6.07) is 7.55. The molecule has 0 saturated heterocycles. The molecule has 2 rings (SSSR count). The maximum absolute atomic E-state index is 12.6. The van der Waals surface area contributed by atoms with Crippen LogP contribution in [0.3, 0.4) is 0 Å².